The van der Waals surface area contributed by atoms with Gasteiger partial charge in [0.15, 0.2) is 0 Å². The Hall–Kier alpha value is -2.47. The van der Waals surface area contributed by atoms with Crippen molar-refractivity contribution in [3.63, 3.8) is 0 Å². The Morgan fingerprint density at radius 1 is 1.07 bits per heavy atom. The van der Waals surface area contributed by atoms with Crippen LogP contribution in [0.25, 0.3) is 0 Å². The number of nitrogens with zero attached hydrogens (tertiary/aromatic N) is 1. The zero-order valence-corrected chi connectivity index (χ0v) is 18.4. The number of nitrogens with one attached hydrogen (secondary N) is 1. The monoisotopic (exact) mass is 456 g/mol. The molecule has 0 aromatic heterocycles. The first-order chi connectivity index (χ1) is 14.4. The first-order valence-electron chi connectivity index (χ1n) is 9.29. The van der Waals surface area contributed by atoms with E-state index in [0.29, 0.717) is 27.0 Å². The number of hydrogen-bond donors (Lipinski definition) is 1. The molecule has 1 aliphatic heterocycles. The summed E-state index contributed by atoms with van der Waals surface area (Å²) in [5.74, 6) is 0.160. The molecule has 3 aromatic rings. The Morgan fingerprint density at radius 3 is 2.63 bits per heavy atom. The molecule has 1 saturated heterocycles. The first-order valence-corrected chi connectivity index (χ1v) is 11.1. The van der Waals surface area contributed by atoms with Crippen LogP contribution in [0.15, 0.2) is 66.7 Å². The number of aryl methyl sites for hydroxylation is 1. The van der Waals surface area contributed by atoms with Gasteiger partial charge in [-0.2, -0.15) is 0 Å². The topological polar surface area (TPSA) is 49.4 Å². The number of anilines is 2. The summed E-state index contributed by atoms with van der Waals surface area (Å²) in [4.78, 5) is 27.1. The molecule has 0 saturated carbocycles. The third kappa shape index (κ3) is 4.33. The maximum atomic E-state index is 12.6. The van der Waals surface area contributed by atoms with Crippen LogP contribution in [-0.2, 0) is 4.79 Å². The van der Waals surface area contributed by atoms with Crippen molar-refractivity contribution >= 4 is 58.2 Å². The molecular formula is C23H18Cl2N2O2S. The van der Waals surface area contributed by atoms with Gasteiger partial charge in [-0.3, -0.25) is 14.5 Å². The van der Waals surface area contributed by atoms with Gasteiger partial charge in [0, 0.05) is 16.4 Å². The number of hydrogen-bond acceptors (Lipinski definition) is 3. The lowest BCUT2D eigenvalue weighted by Gasteiger charge is -2.25. The van der Waals surface area contributed by atoms with Gasteiger partial charge in [0.2, 0.25) is 5.91 Å². The van der Waals surface area contributed by atoms with Crippen molar-refractivity contribution in [3.05, 3.63) is 93.5 Å². The van der Waals surface area contributed by atoms with Gasteiger partial charge < -0.3 is 5.32 Å². The number of rotatable bonds is 4. The highest BCUT2D eigenvalue weighted by Gasteiger charge is 2.34. The molecule has 1 atom stereocenters. The summed E-state index contributed by atoms with van der Waals surface area (Å²) in [5.41, 5.74) is 3.88. The lowest BCUT2D eigenvalue weighted by molar-refractivity contribution is -0.115. The van der Waals surface area contributed by atoms with Crippen LogP contribution in [0, 0.1) is 6.92 Å². The second-order valence-electron chi connectivity index (χ2n) is 6.97. The van der Waals surface area contributed by atoms with Crippen LogP contribution in [0.2, 0.25) is 10.0 Å². The van der Waals surface area contributed by atoms with E-state index in [1.165, 1.54) is 6.07 Å². The van der Waals surface area contributed by atoms with Crippen LogP contribution < -0.4 is 10.2 Å². The van der Waals surface area contributed by atoms with Gasteiger partial charge in [0.1, 0.15) is 5.37 Å². The minimum absolute atomic E-state index is 0.0676. The van der Waals surface area contributed by atoms with Gasteiger partial charge in [-0.05, 0) is 60.5 Å². The number of halogens is 2. The van der Waals surface area contributed by atoms with E-state index in [1.54, 1.807) is 23.9 Å². The molecule has 7 heteroatoms. The molecule has 0 bridgehead atoms. The van der Waals surface area contributed by atoms with Gasteiger partial charge in [-0.15, -0.1) is 11.8 Å². The molecule has 0 radical (unpaired) electrons. The number of carbonyl (C=O) groups excluding carboxylic acids is 2. The molecule has 4 rings (SSSR count). The fourth-order valence-corrected chi connectivity index (χ4v) is 5.03. The van der Waals surface area contributed by atoms with Crippen molar-refractivity contribution in [2.24, 2.45) is 0 Å². The molecule has 1 heterocycles. The summed E-state index contributed by atoms with van der Waals surface area (Å²) in [6.07, 6.45) is 0. The molecule has 0 unspecified atom stereocenters. The van der Waals surface area contributed by atoms with Gasteiger partial charge in [-0.25, -0.2) is 0 Å². The predicted molar refractivity (Wildman–Crippen MR) is 125 cm³/mol. The van der Waals surface area contributed by atoms with E-state index < -0.39 is 0 Å². The quantitative estimate of drug-likeness (QED) is 0.498. The number of thioether (sulfide) groups is 1. The Balaban J connectivity index is 1.59. The molecule has 1 N–H and O–H groups in total. The zero-order chi connectivity index (χ0) is 21.3. The maximum absolute atomic E-state index is 12.6. The minimum Gasteiger partial charge on any atom is -0.322 e. The lowest BCUT2D eigenvalue weighted by Crippen LogP contribution is -2.27. The average molecular weight is 457 g/mol. The largest absolute Gasteiger partial charge is 0.322 e. The van der Waals surface area contributed by atoms with E-state index in [2.05, 4.69) is 5.32 Å². The van der Waals surface area contributed by atoms with Crippen LogP contribution >= 0.6 is 35.0 Å². The SMILES string of the molecule is Cc1cccc(N2C(=O)CS[C@@H]2c2cccc(NC(=O)c3ccc(Cl)cc3Cl)c2)c1. The van der Waals surface area contributed by atoms with Crippen molar-refractivity contribution < 1.29 is 9.59 Å². The standard InChI is InChI=1S/C23H18Cl2N2O2S/c1-14-4-2-7-18(10-14)27-21(28)13-30-23(27)15-5-3-6-17(11-15)26-22(29)19-9-8-16(24)12-20(19)25/h2-12,23H,13H2,1H3,(H,26,29)/t23-/m1/s1. The summed E-state index contributed by atoms with van der Waals surface area (Å²) in [6.45, 7) is 2.00. The third-order valence-corrected chi connectivity index (χ3v) is 6.51. The molecule has 0 aliphatic carbocycles. The molecule has 30 heavy (non-hydrogen) atoms. The Morgan fingerprint density at radius 2 is 1.87 bits per heavy atom. The van der Waals surface area contributed by atoms with Crippen LogP contribution in [-0.4, -0.2) is 17.6 Å². The van der Waals surface area contributed by atoms with Crippen LogP contribution in [0.1, 0.15) is 26.9 Å². The van der Waals surface area contributed by atoms with E-state index >= 15 is 0 Å². The lowest BCUT2D eigenvalue weighted by atomic mass is 10.1. The molecule has 1 aliphatic rings. The maximum Gasteiger partial charge on any atom is 0.257 e. The third-order valence-electron chi connectivity index (χ3n) is 4.75. The van der Waals surface area contributed by atoms with Crippen LogP contribution in [0.3, 0.4) is 0 Å². The normalized spacial score (nSPS) is 16.0. The van der Waals surface area contributed by atoms with Crippen molar-refractivity contribution in [3.8, 4) is 0 Å². The van der Waals surface area contributed by atoms with Crippen molar-refractivity contribution in [1.82, 2.24) is 0 Å². The van der Waals surface area contributed by atoms with Crippen LogP contribution in [0.5, 0.6) is 0 Å². The van der Waals surface area contributed by atoms with Crippen molar-refractivity contribution in [1.29, 1.82) is 0 Å². The Bertz CT molecular complexity index is 1140. The van der Waals surface area contributed by atoms with Crippen molar-refractivity contribution in [2.45, 2.75) is 12.3 Å². The Kier molecular flexibility index (Phi) is 6.04. The van der Waals surface area contributed by atoms with E-state index in [4.69, 9.17) is 23.2 Å². The molecule has 2 amide bonds. The molecular weight excluding hydrogens is 439 g/mol. The highest BCUT2D eigenvalue weighted by Crippen LogP contribution is 2.42. The summed E-state index contributed by atoms with van der Waals surface area (Å²) in [7, 11) is 0. The number of benzene rings is 3. The van der Waals surface area contributed by atoms with Gasteiger partial charge in [0.25, 0.3) is 5.91 Å². The zero-order valence-electron chi connectivity index (χ0n) is 16.1. The van der Waals surface area contributed by atoms with Crippen LogP contribution in [0.4, 0.5) is 11.4 Å². The smallest absolute Gasteiger partial charge is 0.257 e. The predicted octanol–water partition coefficient (Wildman–Crippen LogP) is 6.33. The molecule has 0 spiro atoms. The summed E-state index contributed by atoms with van der Waals surface area (Å²) in [6, 6.07) is 20.2. The van der Waals surface area contributed by atoms with Gasteiger partial charge in [-0.1, -0.05) is 47.5 Å². The van der Waals surface area contributed by atoms with Gasteiger partial charge >= 0.3 is 0 Å². The van der Waals surface area contributed by atoms with Crippen molar-refractivity contribution in [2.75, 3.05) is 16.0 Å². The van der Waals surface area contributed by atoms with Gasteiger partial charge in [0.05, 0.1) is 16.3 Å². The van der Waals surface area contributed by atoms with E-state index in [9.17, 15) is 9.59 Å². The second-order valence-corrected chi connectivity index (χ2v) is 8.88. The highest BCUT2D eigenvalue weighted by atomic mass is 35.5. The fourth-order valence-electron chi connectivity index (χ4n) is 3.37. The number of amides is 2. The molecule has 4 nitrogen and oxygen atoms in total. The van der Waals surface area contributed by atoms with E-state index in [0.717, 1.165) is 16.8 Å². The van der Waals surface area contributed by atoms with E-state index in [-0.39, 0.29) is 17.2 Å². The molecule has 152 valence electrons. The summed E-state index contributed by atoms with van der Waals surface area (Å²) >= 11 is 13.6. The number of carbonyl (C=O) groups is 2. The minimum atomic E-state index is -0.320. The summed E-state index contributed by atoms with van der Waals surface area (Å²) < 4.78 is 0. The highest BCUT2D eigenvalue weighted by molar-refractivity contribution is 8.00. The first kappa shape index (κ1) is 20.8. The molecule has 1 fully saturated rings. The summed E-state index contributed by atoms with van der Waals surface area (Å²) in [5, 5.41) is 3.48. The van der Waals surface area contributed by atoms with E-state index in [1.807, 2.05) is 60.4 Å². The fraction of sp³-hybridized carbons (Fsp3) is 0.130. The Labute approximate surface area is 189 Å². The second kappa shape index (κ2) is 8.72. The average Bonchev–Trinajstić information content (AvgIpc) is 3.09. The molecule has 3 aromatic carbocycles.